The lowest BCUT2D eigenvalue weighted by Gasteiger charge is -2.39. The van der Waals surface area contributed by atoms with Crippen LogP contribution in [0.4, 0.5) is 0 Å². The average Bonchev–Trinajstić information content (AvgIpc) is 2.58. The number of benzene rings is 1. The predicted octanol–water partition coefficient (Wildman–Crippen LogP) is 1.08. The largest absolute Gasteiger partial charge is 0.356 e. The maximum absolute atomic E-state index is 12.2. The molecule has 1 heterocycles. The Morgan fingerprint density at radius 2 is 1.93 bits per heavy atom. The predicted molar refractivity (Wildman–Crippen MR) is 109 cm³/mol. The van der Waals surface area contributed by atoms with E-state index in [0.29, 0.717) is 32.0 Å². The first-order valence-corrected chi connectivity index (χ1v) is 12.5. The number of nitrogens with zero attached hydrogens (tertiary/aromatic N) is 2. The molecule has 0 spiro atoms. The van der Waals surface area contributed by atoms with Crippen molar-refractivity contribution in [2.24, 2.45) is 4.99 Å². The van der Waals surface area contributed by atoms with Gasteiger partial charge in [0.05, 0.1) is 22.0 Å². The first kappa shape index (κ1) is 21.7. The summed E-state index contributed by atoms with van der Waals surface area (Å²) in [6, 6.07) is 9.14. The van der Waals surface area contributed by atoms with Gasteiger partial charge in [0.2, 0.25) is 0 Å². The number of hydrogen-bond acceptors (Lipinski definition) is 5. The summed E-state index contributed by atoms with van der Waals surface area (Å²) in [4.78, 5) is 6.13. The number of hydrogen-bond donors (Lipinski definition) is 1. The van der Waals surface area contributed by atoms with Gasteiger partial charge in [-0.25, -0.2) is 16.8 Å². The van der Waals surface area contributed by atoms with Crippen LogP contribution in [0.1, 0.15) is 25.8 Å². The molecule has 7 nitrogen and oxygen atoms in total. The standard InChI is InChI=1S/C18H29N3O4S2/c1-18(2)15-21(11-13-27(18,24)25)17(19-3)20-10-7-12-26(22,23)14-16-8-5-4-6-9-16/h4-6,8-9H,7,10-15H2,1-3H3,(H,19,20). The van der Waals surface area contributed by atoms with E-state index in [0.717, 1.165) is 5.56 Å². The van der Waals surface area contributed by atoms with E-state index in [1.807, 2.05) is 35.2 Å². The van der Waals surface area contributed by atoms with Gasteiger partial charge in [0.15, 0.2) is 25.6 Å². The number of aliphatic imine (C=N–C) groups is 1. The molecule has 0 saturated carbocycles. The maximum atomic E-state index is 12.2. The molecule has 1 aliphatic rings. The van der Waals surface area contributed by atoms with Gasteiger partial charge < -0.3 is 10.2 Å². The zero-order valence-electron chi connectivity index (χ0n) is 16.2. The van der Waals surface area contributed by atoms with Crippen LogP contribution in [0.2, 0.25) is 0 Å². The molecule has 0 atom stereocenters. The second-order valence-electron chi connectivity index (χ2n) is 7.41. The topological polar surface area (TPSA) is 95.9 Å². The lowest BCUT2D eigenvalue weighted by Crippen LogP contribution is -2.57. The molecular weight excluding hydrogens is 386 g/mol. The van der Waals surface area contributed by atoms with Gasteiger partial charge in [-0.2, -0.15) is 0 Å². The summed E-state index contributed by atoms with van der Waals surface area (Å²) < 4.78 is 47.9. The van der Waals surface area contributed by atoms with Crippen LogP contribution in [-0.2, 0) is 25.4 Å². The molecule has 1 aliphatic heterocycles. The van der Waals surface area contributed by atoms with Crippen molar-refractivity contribution < 1.29 is 16.8 Å². The van der Waals surface area contributed by atoms with Crippen LogP contribution in [0, 0.1) is 0 Å². The fraction of sp³-hybridized carbons (Fsp3) is 0.611. The molecule has 0 unspecified atom stereocenters. The van der Waals surface area contributed by atoms with Crippen LogP contribution in [0.15, 0.2) is 35.3 Å². The van der Waals surface area contributed by atoms with Crippen molar-refractivity contribution in [3.8, 4) is 0 Å². The molecule has 0 aromatic heterocycles. The molecule has 0 bridgehead atoms. The van der Waals surface area contributed by atoms with Crippen molar-refractivity contribution in [3.63, 3.8) is 0 Å². The maximum Gasteiger partial charge on any atom is 0.193 e. The van der Waals surface area contributed by atoms with Crippen LogP contribution >= 0.6 is 0 Å². The van der Waals surface area contributed by atoms with E-state index in [2.05, 4.69) is 10.3 Å². The molecule has 1 saturated heterocycles. The second kappa shape index (κ2) is 8.60. The van der Waals surface area contributed by atoms with E-state index in [9.17, 15) is 16.8 Å². The summed E-state index contributed by atoms with van der Waals surface area (Å²) in [5.41, 5.74) is 0.790. The quantitative estimate of drug-likeness (QED) is 0.424. The smallest absolute Gasteiger partial charge is 0.193 e. The van der Waals surface area contributed by atoms with Crippen molar-refractivity contribution in [3.05, 3.63) is 35.9 Å². The highest BCUT2D eigenvalue weighted by Gasteiger charge is 2.40. The van der Waals surface area contributed by atoms with Gasteiger partial charge in [-0.3, -0.25) is 4.99 Å². The zero-order chi connectivity index (χ0) is 20.1. The third-order valence-electron chi connectivity index (χ3n) is 4.70. The highest BCUT2D eigenvalue weighted by molar-refractivity contribution is 7.92. The number of rotatable bonds is 6. The Morgan fingerprint density at radius 1 is 1.26 bits per heavy atom. The molecule has 2 rings (SSSR count). The molecule has 1 aromatic carbocycles. The Kier molecular flexibility index (Phi) is 6.91. The van der Waals surface area contributed by atoms with Gasteiger partial charge in [-0.05, 0) is 25.8 Å². The normalized spacial score (nSPS) is 19.7. The summed E-state index contributed by atoms with van der Waals surface area (Å²) in [7, 11) is -4.64. The van der Waals surface area contributed by atoms with Crippen LogP contribution in [0.3, 0.4) is 0 Å². The minimum Gasteiger partial charge on any atom is -0.356 e. The molecular formula is C18H29N3O4S2. The molecule has 27 heavy (non-hydrogen) atoms. The Morgan fingerprint density at radius 3 is 2.52 bits per heavy atom. The second-order valence-corrected chi connectivity index (χ2v) is 12.3. The van der Waals surface area contributed by atoms with E-state index < -0.39 is 24.4 Å². The third kappa shape index (κ3) is 5.93. The van der Waals surface area contributed by atoms with Gasteiger partial charge in [-0.15, -0.1) is 0 Å². The lowest BCUT2D eigenvalue weighted by atomic mass is 10.2. The van der Waals surface area contributed by atoms with Gasteiger partial charge in [-0.1, -0.05) is 30.3 Å². The lowest BCUT2D eigenvalue weighted by molar-refractivity contribution is 0.353. The molecule has 0 radical (unpaired) electrons. The molecule has 9 heteroatoms. The molecule has 0 amide bonds. The minimum absolute atomic E-state index is 0.0424. The van der Waals surface area contributed by atoms with Crippen molar-refractivity contribution in [2.75, 3.05) is 38.2 Å². The van der Waals surface area contributed by atoms with Crippen molar-refractivity contribution >= 4 is 25.6 Å². The summed E-state index contributed by atoms with van der Waals surface area (Å²) in [5.74, 6) is 0.831. The molecule has 1 aromatic rings. The number of sulfone groups is 2. The number of nitrogens with one attached hydrogen (secondary N) is 1. The molecule has 152 valence electrons. The molecule has 0 aliphatic carbocycles. The number of guanidine groups is 1. The van der Waals surface area contributed by atoms with E-state index >= 15 is 0 Å². The third-order valence-corrected chi connectivity index (χ3v) is 8.92. The Balaban J connectivity index is 1.83. The van der Waals surface area contributed by atoms with E-state index in [-0.39, 0.29) is 17.3 Å². The van der Waals surface area contributed by atoms with Gasteiger partial charge in [0, 0.05) is 26.7 Å². The van der Waals surface area contributed by atoms with Crippen molar-refractivity contribution in [1.29, 1.82) is 0 Å². The van der Waals surface area contributed by atoms with Gasteiger partial charge in [0.1, 0.15) is 0 Å². The zero-order valence-corrected chi connectivity index (χ0v) is 17.8. The van der Waals surface area contributed by atoms with Crippen LogP contribution in [0.25, 0.3) is 0 Å². The van der Waals surface area contributed by atoms with E-state index in [1.165, 1.54) is 0 Å². The summed E-state index contributed by atoms with van der Waals surface area (Å²) in [6.07, 6.45) is 0.462. The Hall–Kier alpha value is -1.61. The van der Waals surface area contributed by atoms with Crippen molar-refractivity contribution in [2.45, 2.75) is 30.8 Å². The fourth-order valence-corrected chi connectivity index (χ4v) is 5.84. The fourth-order valence-electron chi connectivity index (χ4n) is 3.05. The van der Waals surface area contributed by atoms with E-state index in [4.69, 9.17) is 0 Å². The summed E-state index contributed by atoms with van der Waals surface area (Å²) >= 11 is 0. The summed E-state index contributed by atoms with van der Waals surface area (Å²) in [5, 5.41) is 3.16. The Bertz CT molecular complexity index is 863. The average molecular weight is 416 g/mol. The first-order valence-electron chi connectivity index (χ1n) is 8.99. The van der Waals surface area contributed by atoms with Gasteiger partial charge in [0.25, 0.3) is 0 Å². The monoisotopic (exact) mass is 415 g/mol. The minimum atomic E-state index is -3.17. The SMILES string of the molecule is CN=C(NCCCS(=O)(=O)Cc1ccccc1)N1CCS(=O)(=O)C(C)(C)C1. The molecule has 1 fully saturated rings. The van der Waals surface area contributed by atoms with Crippen LogP contribution in [0.5, 0.6) is 0 Å². The van der Waals surface area contributed by atoms with Crippen LogP contribution < -0.4 is 5.32 Å². The Labute approximate surface area is 162 Å². The first-order chi connectivity index (χ1) is 12.6. The van der Waals surface area contributed by atoms with Gasteiger partial charge >= 0.3 is 0 Å². The molecule has 1 N–H and O–H groups in total. The van der Waals surface area contributed by atoms with Crippen LogP contribution in [-0.4, -0.2) is 70.6 Å². The highest BCUT2D eigenvalue weighted by Crippen LogP contribution is 2.23. The highest BCUT2D eigenvalue weighted by atomic mass is 32.2. The van der Waals surface area contributed by atoms with Crippen molar-refractivity contribution in [1.82, 2.24) is 10.2 Å². The summed E-state index contributed by atoms with van der Waals surface area (Å²) in [6.45, 7) is 4.65. The van der Waals surface area contributed by atoms with E-state index in [1.54, 1.807) is 20.9 Å².